The first-order valence-corrected chi connectivity index (χ1v) is 6.18. The van der Waals surface area contributed by atoms with Crippen LogP contribution >= 0.6 is 12.8 Å². The Bertz CT molecular complexity index is 226. The van der Waals surface area contributed by atoms with Gasteiger partial charge < -0.3 is 9.80 Å². The molecule has 0 aromatic carbocycles. The number of nitrogens with zero attached hydrogens (tertiary/aromatic N) is 3. The van der Waals surface area contributed by atoms with Crippen LogP contribution in [0, 0.1) is 0 Å². The maximum Gasteiger partial charge on any atom is 0.320 e. The molecule has 0 aromatic rings. The molecule has 6 heteroatoms. The van der Waals surface area contributed by atoms with Gasteiger partial charge in [0.25, 0.3) is 0 Å². The van der Waals surface area contributed by atoms with E-state index in [2.05, 4.69) is 12.8 Å². The molecule has 2 heterocycles. The lowest BCUT2D eigenvalue weighted by Crippen LogP contribution is -2.52. The van der Waals surface area contributed by atoms with Gasteiger partial charge in [0.05, 0.1) is 0 Å². The van der Waals surface area contributed by atoms with Crippen LogP contribution < -0.4 is 0 Å². The Morgan fingerprint density at radius 3 is 2.06 bits per heavy atom. The van der Waals surface area contributed by atoms with Crippen molar-refractivity contribution in [3.8, 4) is 0 Å². The van der Waals surface area contributed by atoms with Crippen LogP contribution in [0.2, 0.25) is 0 Å². The van der Waals surface area contributed by atoms with Gasteiger partial charge in [-0.15, -0.1) is 0 Å². The van der Waals surface area contributed by atoms with Gasteiger partial charge in [-0.05, 0) is 12.8 Å². The van der Waals surface area contributed by atoms with Crippen molar-refractivity contribution in [3.05, 3.63) is 0 Å². The largest absolute Gasteiger partial charge is 0.324 e. The fourth-order valence-electron chi connectivity index (χ4n) is 2.13. The maximum atomic E-state index is 12.9. The summed E-state index contributed by atoms with van der Waals surface area (Å²) >= 11 is 4.24. The van der Waals surface area contributed by atoms with Gasteiger partial charge in [-0.25, -0.2) is 13.5 Å². The molecule has 2 fully saturated rings. The molecule has 2 rings (SSSR count). The molecule has 2 aliphatic rings. The number of likely N-dealkylation sites (tertiary alicyclic amines) is 1. The zero-order valence-corrected chi connectivity index (χ0v) is 10.2. The molecule has 92 valence electrons. The van der Waals surface area contributed by atoms with Crippen LogP contribution in [0.3, 0.4) is 0 Å². The highest BCUT2D eigenvalue weighted by Crippen LogP contribution is 2.15. The minimum Gasteiger partial charge on any atom is -0.324 e. The van der Waals surface area contributed by atoms with Crippen LogP contribution in [0.5, 0.6) is 0 Å². The van der Waals surface area contributed by atoms with E-state index in [-0.39, 0.29) is 6.03 Å². The third-order valence-corrected chi connectivity index (χ3v) is 3.62. The minimum absolute atomic E-state index is 0.0633. The standard InChI is InChI=1S/C10H18FN3OS/c11-9-1-3-12(4-2-9)10(15)13-5-7-14(16)8-6-13/h9,16H,1-8H2. The van der Waals surface area contributed by atoms with Crippen LogP contribution in [-0.2, 0) is 0 Å². The predicted molar refractivity (Wildman–Crippen MR) is 63.2 cm³/mol. The second kappa shape index (κ2) is 5.23. The van der Waals surface area contributed by atoms with Gasteiger partial charge in [0.2, 0.25) is 0 Å². The van der Waals surface area contributed by atoms with Crippen LogP contribution in [0.25, 0.3) is 0 Å². The number of rotatable bonds is 0. The smallest absolute Gasteiger partial charge is 0.320 e. The average molecular weight is 247 g/mol. The van der Waals surface area contributed by atoms with Gasteiger partial charge in [0.15, 0.2) is 0 Å². The summed E-state index contributed by atoms with van der Waals surface area (Å²) in [7, 11) is 0. The van der Waals surface area contributed by atoms with E-state index in [1.54, 1.807) is 4.90 Å². The highest BCUT2D eigenvalue weighted by atomic mass is 32.1. The summed E-state index contributed by atoms with van der Waals surface area (Å²) in [6, 6.07) is 0.0633. The SMILES string of the molecule is O=C(N1CCC(F)CC1)N1CCN(S)CC1. The van der Waals surface area contributed by atoms with E-state index in [1.165, 1.54) is 0 Å². The van der Waals surface area contributed by atoms with E-state index in [4.69, 9.17) is 0 Å². The van der Waals surface area contributed by atoms with Crippen molar-refractivity contribution in [2.24, 2.45) is 0 Å². The van der Waals surface area contributed by atoms with E-state index < -0.39 is 6.17 Å². The molecule has 2 amide bonds. The number of hydrogen-bond donors (Lipinski definition) is 1. The third kappa shape index (κ3) is 2.79. The van der Waals surface area contributed by atoms with E-state index in [0.29, 0.717) is 25.9 Å². The zero-order chi connectivity index (χ0) is 11.5. The van der Waals surface area contributed by atoms with Crippen LogP contribution in [0.1, 0.15) is 12.8 Å². The summed E-state index contributed by atoms with van der Waals surface area (Å²) in [5.41, 5.74) is 0. The monoisotopic (exact) mass is 247 g/mol. The molecular weight excluding hydrogens is 229 g/mol. The van der Waals surface area contributed by atoms with Crippen molar-refractivity contribution in [1.82, 2.24) is 14.1 Å². The van der Waals surface area contributed by atoms with Crippen molar-refractivity contribution in [2.45, 2.75) is 19.0 Å². The lowest BCUT2D eigenvalue weighted by molar-refractivity contribution is 0.111. The fraction of sp³-hybridized carbons (Fsp3) is 0.900. The van der Waals surface area contributed by atoms with Gasteiger partial charge in [0.1, 0.15) is 6.17 Å². The van der Waals surface area contributed by atoms with E-state index >= 15 is 0 Å². The first-order valence-electron chi connectivity index (χ1n) is 5.78. The van der Waals surface area contributed by atoms with Crippen molar-refractivity contribution in [1.29, 1.82) is 0 Å². The normalized spacial score (nSPS) is 24.9. The zero-order valence-electron chi connectivity index (χ0n) is 9.31. The Morgan fingerprint density at radius 1 is 1.00 bits per heavy atom. The molecular formula is C10H18FN3OS. The van der Waals surface area contributed by atoms with Gasteiger partial charge >= 0.3 is 6.03 Å². The lowest BCUT2D eigenvalue weighted by Gasteiger charge is -2.37. The highest BCUT2D eigenvalue weighted by molar-refractivity contribution is 7.77. The number of carbonyl (C=O) groups is 1. The minimum atomic E-state index is -0.724. The number of hydrogen-bond acceptors (Lipinski definition) is 3. The third-order valence-electron chi connectivity index (χ3n) is 3.22. The summed E-state index contributed by atoms with van der Waals surface area (Å²) in [4.78, 5) is 15.7. The molecule has 0 saturated carbocycles. The van der Waals surface area contributed by atoms with Gasteiger partial charge in [-0.1, -0.05) is 12.8 Å². The number of piperazine rings is 1. The average Bonchev–Trinajstić information content (AvgIpc) is 2.30. The number of carbonyl (C=O) groups excluding carboxylic acids is 1. The van der Waals surface area contributed by atoms with Gasteiger partial charge in [-0.2, -0.15) is 0 Å². The maximum absolute atomic E-state index is 12.9. The number of alkyl halides is 1. The van der Waals surface area contributed by atoms with E-state index in [9.17, 15) is 9.18 Å². The first-order chi connectivity index (χ1) is 7.66. The molecule has 0 aromatic heterocycles. The van der Waals surface area contributed by atoms with Gasteiger partial charge in [0, 0.05) is 39.3 Å². The number of piperidine rings is 1. The van der Waals surface area contributed by atoms with Crippen molar-refractivity contribution >= 4 is 18.8 Å². The van der Waals surface area contributed by atoms with E-state index in [1.807, 2.05) is 9.21 Å². The number of amides is 2. The second-order valence-corrected chi connectivity index (χ2v) is 4.95. The molecule has 0 unspecified atom stereocenters. The second-order valence-electron chi connectivity index (χ2n) is 4.38. The molecule has 0 aliphatic carbocycles. The Morgan fingerprint density at radius 2 is 1.50 bits per heavy atom. The summed E-state index contributed by atoms with van der Waals surface area (Å²) in [5, 5.41) is 0. The summed E-state index contributed by atoms with van der Waals surface area (Å²) in [5.74, 6) is 0. The number of halogens is 1. The van der Waals surface area contributed by atoms with E-state index in [0.717, 1.165) is 26.2 Å². The number of thiol groups is 1. The Kier molecular flexibility index (Phi) is 3.91. The van der Waals surface area contributed by atoms with Crippen LogP contribution in [0.4, 0.5) is 9.18 Å². The van der Waals surface area contributed by atoms with Crippen molar-refractivity contribution < 1.29 is 9.18 Å². The first kappa shape index (κ1) is 12.0. The highest BCUT2D eigenvalue weighted by Gasteiger charge is 2.27. The van der Waals surface area contributed by atoms with Crippen molar-refractivity contribution in [2.75, 3.05) is 39.3 Å². The molecule has 0 radical (unpaired) electrons. The fourth-order valence-corrected chi connectivity index (χ4v) is 2.31. The quantitative estimate of drug-likeness (QED) is 0.647. The molecule has 0 N–H and O–H groups in total. The van der Waals surface area contributed by atoms with Gasteiger partial charge in [-0.3, -0.25) is 0 Å². The molecule has 0 atom stereocenters. The van der Waals surface area contributed by atoms with Crippen LogP contribution in [0.15, 0.2) is 0 Å². The Labute approximate surface area is 101 Å². The van der Waals surface area contributed by atoms with Crippen LogP contribution in [-0.4, -0.2) is 65.6 Å². The Balaban J connectivity index is 1.83. The summed E-state index contributed by atoms with van der Waals surface area (Å²) < 4.78 is 14.9. The number of urea groups is 1. The summed E-state index contributed by atoms with van der Waals surface area (Å²) in [6.07, 6.45) is 0.245. The molecule has 16 heavy (non-hydrogen) atoms. The predicted octanol–water partition coefficient (Wildman–Crippen LogP) is 1.00. The molecule has 0 spiro atoms. The molecule has 4 nitrogen and oxygen atoms in total. The topological polar surface area (TPSA) is 26.8 Å². The Hall–Kier alpha value is -0.490. The van der Waals surface area contributed by atoms with Crippen molar-refractivity contribution in [3.63, 3.8) is 0 Å². The molecule has 2 aliphatic heterocycles. The molecule has 2 saturated heterocycles. The summed E-state index contributed by atoms with van der Waals surface area (Å²) in [6.45, 7) is 4.15. The molecule has 0 bridgehead atoms. The lowest BCUT2D eigenvalue weighted by atomic mass is 10.1.